The lowest BCUT2D eigenvalue weighted by Crippen LogP contribution is -2.27. The Morgan fingerprint density at radius 1 is 0.846 bits per heavy atom. The van der Waals surface area contributed by atoms with Gasteiger partial charge in [0.05, 0.1) is 0 Å². The molecule has 6 heteroatoms. The Morgan fingerprint density at radius 2 is 1.42 bits per heavy atom. The zero-order chi connectivity index (χ0) is 19.8. The van der Waals surface area contributed by atoms with E-state index in [1.807, 2.05) is 13.8 Å². The number of carbonyl (C=O) groups excluding carboxylic acids is 3. The smallest absolute Gasteiger partial charge is 0.220 e. The summed E-state index contributed by atoms with van der Waals surface area (Å²) in [4.78, 5) is 34.7. The Kier molecular flexibility index (Phi) is 14.9. The molecule has 0 aliphatic rings. The van der Waals surface area contributed by atoms with E-state index in [9.17, 15) is 14.4 Å². The average Bonchev–Trinajstić information content (AvgIpc) is 2.59. The second kappa shape index (κ2) is 15.8. The number of Topliss-reactive ketones (excluding diaryl/α,β-unsaturated/α-hetero) is 1. The highest BCUT2D eigenvalue weighted by molar-refractivity contribution is 5.81. The van der Waals surface area contributed by atoms with Crippen LogP contribution in [0.1, 0.15) is 72.6 Å². The second-order valence-electron chi connectivity index (χ2n) is 7.21. The molecule has 0 aliphatic carbocycles. The molecule has 0 aromatic rings. The molecule has 2 N–H and O–H groups in total. The zero-order valence-corrected chi connectivity index (χ0v) is 17.1. The van der Waals surface area contributed by atoms with E-state index < -0.39 is 0 Å². The number of nitrogens with one attached hydrogen (secondary N) is 2. The summed E-state index contributed by atoms with van der Waals surface area (Å²) < 4.78 is 5.49. The fourth-order valence-corrected chi connectivity index (χ4v) is 2.24. The van der Waals surface area contributed by atoms with Crippen LogP contribution in [0.15, 0.2) is 0 Å². The van der Waals surface area contributed by atoms with Crippen molar-refractivity contribution in [2.45, 2.75) is 72.6 Å². The number of hydrogen-bond donors (Lipinski definition) is 2. The Hall–Kier alpha value is -1.43. The summed E-state index contributed by atoms with van der Waals surface area (Å²) in [5, 5.41) is 5.74. The predicted molar refractivity (Wildman–Crippen MR) is 104 cm³/mol. The summed E-state index contributed by atoms with van der Waals surface area (Å²) in [5.41, 5.74) is 0. The van der Waals surface area contributed by atoms with Gasteiger partial charge in [0.2, 0.25) is 11.8 Å². The molecule has 26 heavy (non-hydrogen) atoms. The molecular weight excluding hydrogens is 332 g/mol. The number of ketones is 1. The third-order valence-corrected chi connectivity index (χ3v) is 4.28. The lowest BCUT2D eigenvalue weighted by Gasteiger charge is -2.09. The van der Waals surface area contributed by atoms with Crippen LogP contribution in [0.2, 0.25) is 0 Å². The Labute approximate surface area is 158 Å². The maximum Gasteiger partial charge on any atom is 0.220 e. The predicted octanol–water partition coefficient (Wildman–Crippen LogP) is 2.85. The quantitative estimate of drug-likeness (QED) is 0.409. The maximum absolute atomic E-state index is 11.6. The van der Waals surface area contributed by atoms with Crippen LogP contribution < -0.4 is 10.6 Å². The third kappa shape index (κ3) is 14.9. The molecule has 0 aromatic carbocycles. The highest BCUT2D eigenvalue weighted by Gasteiger charge is 2.08. The minimum Gasteiger partial charge on any atom is -0.381 e. The van der Waals surface area contributed by atoms with E-state index in [-0.39, 0.29) is 23.5 Å². The van der Waals surface area contributed by atoms with Crippen molar-refractivity contribution in [3.05, 3.63) is 0 Å². The summed E-state index contributed by atoms with van der Waals surface area (Å²) >= 11 is 0. The summed E-state index contributed by atoms with van der Waals surface area (Å²) in [6.07, 6.45) is 4.64. The Bertz CT molecular complexity index is 411. The number of carbonyl (C=O) groups is 3. The first-order valence-corrected chi connectivity index (χ1v) is 10.0. The molecule has 0 spiro atoms. The highest BCUT2D eigenvalue weighted by Crippen LogP contribution is 2.05. The molecule has 0 saturated heterocycles. The summed E-state index contributed by atoms with van der Waals surface area (Å²) in [7, 11) is 0. The molecule has 6 nitrogen and oxygen atoms in total. The van der Waals surface area contributed by atoms with Crippen LogP contribution in [0.4, 0.5) is 0 Å². The maximum atomic E-state index is 11.6. The molecule has 1 atom stereocenters. The van der Waals surface area contributed by atoms with E-state index in [2.05, 4.69) is 24.5 Å². The van der Waals surface area contributed by atoms with Gasteiger partial charge in [0.1, 0.15) is 5.78 Å². The Morgan fingerprint density at radius 3 is 1.96 bits per heavy atom. The average molecular weight is 371 g/mol. The standard InChI is InChI=1S/C20H38N2O4/c1-5-17(4)15-20(25)22-12-8-14-26-13-7-11-21-19(24)10-6-9-18(23)16(2)3/h16-17H,5-15H2,1-4H3,(H,21,24)(H,22,25). The van der Waals surface area contributed by atoms with Gasteiger partial charge in [-0.05, 0) is 25.2 Å². The molecule has 0 radical (unpaired) electrons. The molecule has 0 fully saturated rings. The van der Waals surface area contributed by atoms with Crippen molar-refractivity contribution in [1.82, 2.24) is 10.6 Å². The summed E-state index contributed by atoms with van der Waals surface area (Å²) in [6.45, 7) is 10.3. The van der Waals surface area contributed by atoms with Gasteiger partial charge in [-0.25, -0.2) is 0 Å². The van der Waals surface area contributed by atoms with Crippen molar-refractivity contribution in [3.8, 4) is 0 Å². The van der Waals surface area contributed by atoms with Crippen LogP contribution in [0, 0.1) is 11.8 Å². The lowest BCUT2D eigenvalue weighted by atomic mass is 10.0. The minimum atomic E-state index is -0.00873. The van der Waals surface area contributed by atoms with Gasteiger partial charge < -0.3 is 15.4 Å². The van der Waals surface area contributed by atoms with Gasteiger partial charge in [-0.3, -0.25) is 14.4 Å². The van der Waals surface area contributed by atoms with Crippen molar-refractivity contribution < 1.29 is 19.1 Å². The topological polar surface area (TPSA) is 84.5 Å². The first-order valence-electron chi connectivity index (χ1n) is 10.0. The molecule has 0 saturated carbocycles. The largest absolute Gasteiger partial charge is 0.381 e. The fraction of sp³-hybridized carbons (Fsp3) is 0.850. The van der Waals surface area contributed by atoms with Gasteiger partial charge >= 0.3 is 0 Å². The molecule has 0 rings (SSSR count). The molecular formula is C20H38N2O4. The van der Waals surface area contributed by atoms with Gasteiger partial charge in [-0.2, -0.15) is 0 Å². The molecule has 0 aromatic heterocycles. The van der Waals surface area contributed by atoms with Gasteiger partial charge in [0.15, 0.2) is 0 Å². The van der Waals surface area contributed by atoms with Crippen molar-refractivity contribution >= 4 is 17.6 Å². The van der Waals surface area contributed by atoms with Crippen molar-refractivity contribution in [1.29, 1.82) is 0 Å². The molecule has 0 aliphatic heterocycles. The normalized spacial score (nSPS) is 12.0. The summed E-state index contributed by atoms with van der Waals surface area (Å²) in [6, 6.07) is 0. The van der Waals surface area contributed by atoms with E-state index in [4.69, 9.17) is 4.74 Å². The van der Waals surface area contributed by atoms with Crippen LogP contribution in [0.25, 0.3) is 0 Å². The highest BCUT2D eigenvalue weighted by atomic mass is 16.5. The Balaban J connectivity index is 3.39. The second-order valence-corrected chi connectivity index (χ2v) is 7.21. The monoisotopic (exact) mass is 370 g/mol. The zero-order valence-electron chi connectivity index (χ0n) is 17.1. The van der Waals surface area contributed by atoms with Crippen molar-refractivity contribution in [3.63, 3.8) is 0 Å². The number of rotatable bonds is 16. The fourth-order valence-electron chi connectivity index (χ4n) is 2.24. The van der Waals surface area contributed by atoms with E-state index in [0.717, 1.165) is 19.3 Å². The first-order chi connectivity index (χ1) is 12.4. The van der Waals surface area contributed by atoms with E-state index in [1.54, 1.807) is 0 Å². The van der Waals surface area contributed by atoms with Gasteiger partial charge in [0, 0.05) is 51.5 Å². The van der Waals surface area contributed by atoms with E-state index >= 15 is 0 Å². The number of hydrogen-bond acceptors (Lipinski definition) is 4. The van der Waals surface area contributed by atoms with Gasteiger partial charge in [0.25, 0.3) is 0 Å². The molecule has 2 amide bonds. The van der Waals surface area contributed by atoms with Crippen molar-refractivity contribution in [2.75, 3.05) is 26.3 Å². The number of amides is 2. The minimum absolute atomic E-state index is 0.00873. The van der Waals surface area contributed by atoms with E-state index in [0.29, 0.717) is 57.9 Å². The van der Waals surface area contributed by atoms with Gasteiger partial charge in [-0.1, -0.05) is 34.1 Å². The van der Waals surface area contributed by atoms with Crippen LogP contribution >= 0.6 is 0 Å². The van der Waals surface area contributed by atoms with Crippen LogP contribution in [-0.4, -0.2) is 43.9 Å². The molecule has 0 bridgehead atoms. The van der Waals surface area contributed by atoms with Gasteiger partial charge in [-0.15, -0.1) is 0 Å². The molecule has 152 valence electrons. The van der Waals surface area contributed by atoms with E-state index in [1.165, 1.54) is 0 Å². The number of ether oxygens (including phenoxy) is 1. The third-order valence-electron chi connectivity index (χ3n) is 4.28. The summed E-state index contributed by atoms with van der Waals surface area (Å²) in [5.74, 6) is 0.783. The molecule has 1 unspecified atom stereocenters. The lowest BCUT2D eigenvalue weighted by molar-refractivity contribution is -0.123. The van der Waals surface area contributed by atoms with Crippen LogP contribution in [0.3, 0.4) is 0 Å². The SMILES string of the molecule is CCC(C)CC(=O)NCCCOCCCNC(=O)CCCC(=O)C(C)C. The van der Waals surface area contributed by atoms with Crippen molar-refractivity contribution in [2.24, 2.45) is 11.8 Å². The van der Waals surface area contributed by atoms with Crippen LogP contribution in [0.5, 0.6) is 0 Å². The van der Waals surface area contributed by atoms with Crippen LogP contribution in [-0.2, 0) is 19.1 Å². The molecule has 0 heterocycles. The first kappa shape index (κ1) is 24.6.